The molecule has 0 bridgehead atoms. The third kappa shape index (κ3) is 3.82. The van der Waals surface area contributed by atoms with Gasteiger partial charge in [0.1, 0.15) is 5.82 Å². The minimum Gasteiger partial charge on any atom is -0.369 e. The Morgan fingerprint density at radius 3 is 2.46 bits per heavy atom. The molecule has 3 nitrogen and oxygen atoms in total. The second kappa shape index (κ2) is 7.95. The van der Waals surface area contributed by atoms with Gasteiger partial charge in [0.25, 0.3) is 0 Å². The second-order valence-electron chi connectivity index (χ2n) is 10.0. The fraction of sp³-hybridized carbons (Fsp3) is 0.750. The van der Waals surface area contributed by atoms with Crippen molar-refractivity contribution in [3.8, 4) is 0 Å². The number of para-hydroxylation sites is 1. The van der Waals surface area contributed by atoms with Crippen LogP contribution in [0.15, 0.2) is 24.3 Å². The van der Waals surface area contributed by atoms with Crippen molar-refractivity contribution in [2.75, 3.05) is 50.7 Å². The van der Waals surface area contributed by atoms with Crippen molar-refractivity contribution in [2.45, 2.75) is 57.4 Å². The molecule has 0 radical (unpaired) electrons. The number of piperidine rings is 2. The zero-order valence-corrected chi connectivity index (χ0v) is 17.3. The second-order valence-corrected chi connectivity index (χ2v) is 10.0. The van der Waals surface area contributed by atoms with E-state index in [-0.39, 0.29) is 5.82 Å². The summed E-state index contributed by atoms with van der Waals surface area (Å²) in [5.41, 5.74) is 1.35. The summed E-state index contributed by atoms with van der Waals surface area (Å²) in [6.45, 7) is 8.60. The van der Waals surface area contributed by atoms with E-state index in [1.54, 1.807) is 12.1 Å². The van der Waals surface area contributed by atoms with Crippen molar-refractivity contribution in [2.24, 2.45) is 11.3 Å². The third-order valence-electron chi connectivity index (χ3n) is 8.12. The largest absolute Gasteiger partial charge is 0.369 e. The van der Waals surface area contributed by atoms with Gasteiger partial charge < -0.3 is 9.80 Å². The van der Waals surface area contributed by atoms with Crippen molar-refractivity contribution in [3.63, 3.8) is 0 Å². The Labute approximate surface area is 169 Å². The van der Waals surface area contributed by atoms with Crippen LogP contribution in [0.5, 0.6) is 0 Å². The molecule has 3 heterocycles. The maximum atomic E-state index is 14.1. The van der Waals surface area contributed by atoms with E-state index in [1.807, 2.05) is 12.1 Å². The van der Waals surface area contributed by atoms with E-state index in [1.165, 1.54) is 84.1 Å². The van der Waals surface area contributed by atoms with Gasteiger partial charge in [0.05, 0.1) is 5.69 Å². The van der Waals surface area contributed by atoms with Crippen LogP contribution in [0, 0.1) is 17.2 Å². The molecule has 4 fully saturated rings. The molecule has 4 heteroatoms. The average molecular weight is 386 g/mol. The van der Waals surface area contributed by atoms with Gasteiger partial charge in [-0.3, -0.25) is 4.90 Å². The highest BCUT2D eigenvalue weighted by atomic mass is 19.1. The van der Waals surface area contributed by atoms with E-state index in [0.29, 0.717) is 11.5 Å². The van der Waals surface area contributed by atoms with Gasteiger partial charge in [0.2, 0.25) is 0 Å². The Hall–Kier alpha value is -1.13. The highest BCUT2D eigenvalue weighted by Crippen LogP contribution is 2.41. The van der Waals surface area contributed by atoms with Gasteiger partial charge in [-0.05, 0) is 81.5 Å². The van der Waals surface area contributed by atoms with Gasteiger partial charge in [-0.2, -0.15) is 0 Å². The Morgan fingerprint density at radius 2 is 1.71 bits per heavy atom. The summed E-state index contributed by atoms with van der Waals surface area (Å²) < 4.78 is 14.1. The monoisotopic (exact) mass is 385 g/mol. The number of benzene rings is 1. The molecule has 1 aromatic carbocycles. The first-order valence-corrected chi connectivity index (χ1v) is 11.7. The third-order valence-corrected chi connectivity index (χ3v) is 8.12. The lowest BCUT2D eigenvalue weighted by Crippen LogP contribution is -2.49. The molecule has 1 unspecified atom stereocenters. The molecule has 154 valence electrons. The zero-order chi connectivity index (χ0) is 19.0. The summed E-state index contributed by atoms with van der Waals surface area (Å²) in [6.07, 6.45) is 11.0. The van der Waals surface area contributed by atoms with Crippen molar-refractivity contribution in [3.05, 3.63) is 30.1 Å². The van der Waals surface area contributed by atoms with Gasteiger partial charge in [0.15, 0.2) is 0 Å². The van der Waals surface area contributed by atoms with E-state index in [4.69, 9.17) is 0 Å². The maximum absolute atomic E-state index is 14.1. The van der Waals surface area contributed by atoms with Crippen LogP contribution < -0.4 is 4.90 Å². The van der Waals surface area contributed by atoms with E-state index >= 15 is 0 Å². The molecule has 0 aromatic heterocycles. The van der Waals surface area contributed by atoms with Crippen LogP contribution in [0.3, 0.4) is 0 Å². The summed E-state index contributed by atoms with van der Waals surface area (Å²) in [5, 5.41) is 0. The van der Waals surface area contributed by atoms with Gasteiger partial charge >= 0.3 is 0 Å². The van der Waals surface area contributed by atoms with Crippen LogP contribution in [0.4, 0.5) is 10.1 Å². The van der Waals surface area contributed by atoms with Gasteiger partial charge in [-0.1, -0.05) is 18.6 Å². The minimum atomic E-state index is -0.0742. The molecule has 28 heavy (non-hydrogen) atoms. The first-order valence-electron chi connectivity index (χ1n) is 11.7. The lowest BCUT2D eigenvalue weighted by atomic mass is 9.78. The van der Waals surface area contributed by atoms with Crippen LogP contribution in [-0.2, 0) is 0 Å². The summed E-state index contributed by atoms with van der Waals surface area (Å²) in [7, 11) is 0. The molecule has 1 spiro atoms. The first kappa shape index (κ1) is 18.9. The SMILES string of the molecule is Fc1ccccc1N1CCC(N2CCC3(CCCN(CC4CCC4)C3)C2)CC1. The fourth-order valence-corrected chi connectivity index (χ4v) is 6.30. The van der Waals surface area contributed by atoms with E-state index in [0.717, 1.165) is 24.7 Å². The molecule has 5 rings (SSSR count). The summed E-state index contributed by atoms with van der Waals surface area (Å²) in [5.74, 6) is 0.921. The Bertz CT molecular complexity index is 668. The number of halogens is 1. The van der Waals surface area contributed by atoms with Crippen molar-refractivity contribution in [1.29, 1.82) is 0 Å². The molecule has 1 atom stereocenters. The molecule has 3 saturated heterocycles. The van der Waals surface area contributed by atoms with E-state index < -0.39 is 0 Å². The summed E-state index contributed by atoms with van der Waals surface area (Å²) >= 11 is 0. The van der Waals surface area contributed by atoms with Crippen LogP contribution >= 0.6 is 0 Å². The molecule has 0 amide bonds. The zero-order valence-electron chi connectivity index (χ0n) is 17.3. The summed E-state index contributed by atoms with van der Waals surface area (Å²) in [4.78, 5) is 7.85. The lowest BCUT2D eigenvalue weighted by Gasteiger charge is -2.44. The van der Waals surface area contributed by atoms with Gasteiger partial charge in [-0.15, -0.1) is 0 Å². The quantitative estimate of drug-likeness (QED) is 0.761. The number of nitrogens with zero attached hydrogens (tertiary/aromatic N) is 3. The minimum absolute atomic E-state index is 0.0742. The first-order chi connectivity index (χ1) is 13.7. The number of hydrogen-bond donors (Lipinski definition) is 0. The number of likely N-dealkylation sites (tertiary alicyclic amines) is 2. The smallest absolute Gasteiger partial charge is 0.146 e. The lowest BCUT2D eigenvalue weighted by molar-refractivity contribution is 0.0617. The van der Waals surface area contributed by atoms with Gasteiger partial charge in [0, 0.05) is 38.8 Å². The predicted octanol–water partition coefficient (Wildman–Crippen LogP) is 4.38. The van der Waals surface area contributed by atoms with Crippen molar-refractivity contribution < 1.29 is 4.39 Å². The Balaban J connectivity index is 1.15. The average Bonchev–Trinajstić information content (AvgIpc) is 3.09. The Kier molecular flexibility index (Phi) is 5.36. The molecular formula is C24H36FN3. The highest BCUT2D eigenvalue weighted by Gasteiger charge is 2.43. The normalized spacial score (nSPS) is 30.8. The highest BCUT2D eigenvalue weighted by molar-refractivity contribution is 5.47. The molecule has 4 aliphatic rings. The van der Waals surface area contributed by atoms with Crippen LogP contribution in [0.25, 0.3) is 0 Å². The number of rotatable bonds is 4. The van der Waals surface area contributed by atoms with Gasteiger partial charge in [-0.25, -0.2) is 4.39 Å². The topological polar surface area (TPSA) is 9.72 Å². The molecule has 1 aromatic rings. The molecule has 3 aliphatic heterocycles. The van der Waals surface area contributed by atoms with E-state index in [2.05, 4.69) is 14.7 Å². The van der Waals surface area contributed by atoms with Crippen molar-refractivity contribution >= 4 is 5.69 Å². The Morgan fingerprint density at radius 1 is 0.893 bits per heavy atom. The van der Waals surface area contributed by atoms with Crippen molar-refractivity contribution in [1.82, 2.24) is 9.80 Å². The van der Waals surface area contributed by atoms with E-state index in [9.17, 15) is 4.39 Å². The molecular weight excluding hydrogens is 349 g/mol. The van der Waals surface area contributed by atoms with Crippen LogP contribution in [-0.4, -0.2) is 61.7 Å². The van der Waals surface area contributed by atoms with Crippen LogP contribution in [0.1, 0.15) is 51.4 Å². The maximum Gasteiger partial charge on any atom is 0.146 e. The fourth-order valence-electron chi connectivity index (χ4n) is 6.30. The number of hydrogen-bond acceptors (Lipinski definition) is 3. The standard InChI is InChI=1S/C24H36FN3/c25-22-7-1-2-8-23(22)27-14-9-21(10-15-27)28-16-12-24(19-28)11-4-13-26(18-24)17-20-5-3-6-20/h1-2,7-8,20-21H,3-6,9-19H2. The van der Waals surface area contributed by atoms with Crippen LogP contribution in [0.2, 0.25) is 0 Å². The summed E-state index contributed by atoms with van der Waals surface area (Å²) in [6, 6.07) is 7.95. The molecule has 1 saturated carbocycles. The molecule has 0 N–H and O–H groups in total. The number of anilines is 1. The predicted molar refractivity (Wildman–Crippen MR) is 113 cm³/mol. The molecule has 1 aliphatic carbocycles.